The van der Waals surface area contributed by atoms with Crippen LogP contribution in [0.25, 0.3) is 0 Å². The second kappa shape index (κ2) is 6.39. The summed E-state index contributed by atoms with van der Waals surface area (Å²) >= 11 is 11.4. The third kappa shape index (κ3) is 6.15. The molecule has 0 rings (SSSR count). The van der Waals surface area contributed by atoms with Crippen molar-refractivity contribution in [3.63, 3.8) is 0 Å². The molecule has 0 amide bonds. The molecule has 0 unspecified atom stereocenters. The molecule has 0 heterocycles. The normalized spacial score (nSPS) is 10.0. The fourth-order valence-corrected chi connectivity index (χ4v) is 0.538. The first kappa shape index (κ1) is 9.27. The lowest BCUT2D eigenvalue weighted by molar-refractivity contribution is 0.371. The molecule has 1 nitrogen and oxygen atoms in total. The number of hydrogen-bond acceptors (Lipinski definition) is 3. The van der Waals surface area contributed by atoms with E-state index in [0.717, 1.165) is 0 Å². The fraction of sp³-hybridized carbons (Fsp3) is 0.400. The van der Waals surface area contributed by atoms with E-state index in [4.69, 9.17) is 28.6 Å². The number of halogens is 1. The summed E-state index contributed by atoms with van der Waals surface area (Å²) in [6.45, 7) is 0.461. The summed E-state index contributed by atoms with van der Waals surface area (Å²) in [5.74, 6) is 0. The molecule has 0 fully saturated rings. The molecular weight excluding hydrogens is 176 g/mol. The van der Waals surface area contributed by atoms with E-state index < -0.39 is 0 Å². The molecule has 9 heavy (non-hydrogen) atoms. The Kier molecular flexibility index (Phi) is 6.58. The van der Waals surface area contributed by atoms with Gasteiger partial charge in [-0.15, -0.1) is 0 Å². The molecule has 0 radical (unpaired) electrons. The van der Waals surface area contributed by atoms with Crippen molar-refractivity contribution >= 4 is 40.0 Å². The van der Waals surface area contributed by atoms with Crippen molar-refractivity contribution in [2.24, 2.45) is 0 Å². The van der Waals surface area contributed by atoms with E-state index in [2.05, 4.69) is 0 Å². The van der Waals surface area contributed by atoms with Gasteiger partial charge in [-0.05, 0) is 24.5 Å². The summed E-state index contributed by atoms with van der Waals surface area (Å²) in [7, 11) is 0. The first-order valence-electron chi connectivity index (χ1n) is 2.27. The first-order valence-corrected chi connectivity index (χ1v) is 4.34. The highest BCUT2D eigenvalue weighted by Gasteiger charge is 1.88. The zero-order valence-corrected chi connectivity index (χ0v) is 7.35. The number of ether oxygens (including phenoxy) is 1. The second-order valence-corrected chi connectivity index (χ2v) is 2.79. The van der Waals surface area contributed by atoms with Crippen LogP contribution in [0.15, 0.2) is 11.6 Å². The minimum absolute atomic E-state index is 0.461. The molecule has 0 saturated carbocycles. The maximum Gasteiger partial charge on any atom is 0.220 e. The number of hydrogen-bond donors (Lipinski definition) is 0. The monoisotopic (exact) mass is 182 g/mol. The Morgan fingerprint density at radius 1 is 1.89 bits per heavy atom. The third-order valence-corrected chi connectivity index (χ3v) is 1.80. The third-order valence-electron chi connectivity index (χ3n) is 0.553. The van der Waals surface area contributed by atoms with Crippen LogP contribution in [-0.4, -0.2) is 17.2 Å². The van der Waals surface area contributed by atoms with E-state index in [1.165, 1.54) is 17.3 Å². The van der Waals surface area contributed by atoms with Crippen molar-refractivity contribution in [2.45, 2.75) is 0 Å². The zero-order valence-electron chi connectivity index (χ0n) is 4.96. The van der Waals surface area contributed by atoms with Crippen LogP contribution in [0, 0.1) is 0 Å². The lowest BCUT2D eigenvalue weighted by Gasteiger charge is -1.98. The van der Waals surface area contributed by atoms with Crippen LogP contribution in [-0.2, 0) is 4.74 Å². The maximum absolute atomic E-state index is 5.22. The number of rotatable bonds is 2. The highest BCUT2D eigenvalue weighted by atomic mass is 35.5. The Morgan fingerprint density at radius 2 is 2.56 bits per heavy atom. The van der Waals surface area contributed by atoms with Crippen molar-refractivity contribution < 1.29 is 4.74 Å². The highest BCUT2D eigenvalue weighted by molar-refractivity contribution is 8.22. The van der Waals surface area contributed by atoms with Crippen LogP contribution in [0.5, 0.6) is 0 Å². The molecule has 0 aromatic rings. The lowest BCUT2D eigenvalue weighted by atomic mass is 10.7. The molecule has 0 atom stereocenters. The fourth-order valence-electron chi connectivity index (χ4n) is 0.211. The Hall–Kier alpha value is 0.270. The van der Waals surface area contributed by atoms with Gasteiger partial charge in [-0.1, -0.05) is 23.4 Å². The van der Waals surface area contributed by atoms with Crippen LogP contribution < -0.4 is 0 Å². The van der Waals surface area contributed by atoms with Gasteiger partial charge in [0.15, 0.2) is 0 Å². The topological polar surface area (TPSA) is 9.23 Å². The molecule has 0 spiro atoms. The predicted molar refractivity (Wildman–Crippen MR) is 47.1 cm³/mol. The van der Waals surface area contributed by atoms with Crippen LogP contribution in [0.4, 0.5) is 0 Å². The average molecular weight is 183 g/mol. The molecule has 0 N–H and O–H groups in total. The van der Waals surface area contributed by atoms with Crippen molar-refractivity contribution in [1.29, 1.82) is 0 Å². The van der Waals surface area contributed by atoms with Crippen LogP contribution >= 0.6 is 35.6 Å². The van der Waals surface area contributed by atoms with E-state index in [0.29, 0.717) is 11.0 Å². The van der Waals surface area contributed by atoms with Crippen molar-refractivity contribution in [2.75, 3.05) is 12.9 Å². The smallest absolute Gasteiger partial charge is 0.220 e. The standard InChI is InChI=1S/C5H7ClOS2/c1-9-5(8)7-4-2-3-6/h2-3H,4H2,1H3/b3-2+. The Morgan fingerprint density at radius 3 is 3.00 bits per heavy atom. The van der Waals surface area contributed by atoms with Crippen LogP contribution in [0.3, 0.4) is 0 Å². The van der Waals surface area contributed by atoms with Gasteiger partial charge < -0.3 is 4.74 Å². The zero-order chi connectivity index (χ0) is 7.11. The van der Waals surface area contributed by atoms with Gasteiger partial charge >= 0.3 is 0 Å². The molecule has 0 bridgehead atoms. The first-order chi connectivity index (χ1) is 4.31. The van der Waals surface area contributed by atoms with E-state index in [-0.39, 0.29) is 0 Å². The predicted octanol–water partition coefficient (Wildman–Crippen LogP) is 2.40. The van der Waals surface area contributed by atoms with E-state index >= 15 is 0 Å². The van der Waals surface area contributed by atoms with Crippen LogP contribution in [0.1, 0.15) is 0 Å². The lowest BCUT2D eigenvalue weighted by Crippen LogP contribution is -1.94. The van der Waals surface area contributed by atoms with Gasteiger partial charge in [0, 0.05) is 5.54 Å². The van der Waals surface area contributed by atoms with E-state index in [1.54, 1.807) is 6.08 Å². The summed E-state index contributed by atoms with van der Waals surface area (Å²) in [6.07, 6.45) is 3.55. The quantitative estimate of drug-likeness (QED) is 0.607. The molecule has 0 aromatic carbocycles. The van der Waals surface area contributed by atoms with Gasteiger partial charge in [-0.25, -0.2) is 0 Å². The summed E-state index contributed by atoms with van der Waals surface area (Å²) in [5, 5.41) is 0. The van der Waals surface area contributed by atoms with Gasteiger partial charge in [0.05, 0.1) is 0 Å². The summed E-state index contributed by atoms with van der Waals surface area (Å²) in [5.41, 5.74) is 1.41. The summed E-state index contributed by atoms with van der Waals surface area (Å²) in [6, 6.07) is 0. The van der Waals surface area contributed by atoms with E-state index in [9.17, 15) is 0 Å². The van der Waals surface area contributed by atoms with Gasteiger partial charge in [0.2, 0.25) is 4.38 Å². The number of thiocarbonyl (C=S) groups is 1. The summed E-state index contributed by atoms with van der Waals surface area (Å²) in [4.78, 5) is 0. The van der Waals surface area contributed by atoms with Gasteiger partial charge in [-0.3, -0.25) is 0 Å². The number of thioether (sulfide) groups is 1. The van der Waals surface area contributed by atoms with E-state index in [1.807, 2.05) is 6.26 Å². The molecule has 0 saturated heterocycles. The molecule has 52 valence electrons. The molecule has 0 aliphatic heterocycles. The van der Waals surface area contributed by atoms with Gasteiger partial charge in [0.25, 0.3) is 0 Å². The SMILES string of the molecule is CSC(=S)OC/C=C/Cl. The summed E-state index contributed by atoms with van der Waals surface area (Å²) < 4.78 is 5.50. The Labute approximate surface area is 69.4 Å². The van der Waals surface area contributed by atoms with Crippen molar-refractivity contribution in [3.05, 3.63) is 11.6 Å². The minimum Gasteiger partial charge on any atom is -0.474 e. The molecule has 0 aliphatic rings. The van der Waals surface area contributed by atoms with Crippen molar-refractivity contribution in [1.82, 2.24) is 0 Å². The Bertz CT molecular complexity index is 114. The average Bonchev–Trinajstić information content (AvgIpc) is 1.89. The maximum atomic E-state index is 5.22. The van der Waals surface area contributed by atoms with Gasteiger partial charge in [0.1, 0.15) is 6.61 Å². The molecular formula is C5H7ClOS2. The molecule has 0 aromatic heterocycles. The van der Waals surface area contributed by atoms with Crippen LogP contribution in [0.2, 0.25) is 0 Å². The van der Waals surface area contributed by atoms with Gasteiger partial charge in [-0.2, -0.15) is 0 Å². The Balaban J connectivity index is 3.17. The molecule has 4 heteroatoms. The minimum atomic E-state index is 0.461. The largest absolute Gasteiger partial charge is 0.474 e. The molecule has 0 aliphatic carbocycles. The van der Waals surface area contributed by atoms with Crippen molar-refractivity contribution in [3.8, 4) is 0 Å². The highest BCUT2D eigenvalue weighted by Crippen LogP contribution is 1.98. The second-order valence-electron chi connectivity index (χ2n) is 1.13.